The molecule has 2 N–H and O–H groups in total. The zero-order valence-electron chi connectivity index (χ0n) is 9.64. The summed E-state index contributed by atoms with van der Waals surface area (Å²) in [5, 5.41) is 22.5. The number of phenolic OH excluding ortho intramolecular Hbond substituents is 1. The summed E-state index contributed by atoms with van der Waals surface area (Å²) in [6.07, 6.45) is 0. The molecule has 6 nitrogen and oxygen atoms in total. The largest absolute Gasteiger partial charge is 0.508 e. The van der Waals surface area contributed by atoms with E-state index in [-0.39, 0.29) is 22.9 Å². The topological polar surface area (TPSA) is 92.5 Å². The lowest BCUT2D eigenvalue weighted by molar-refractivity contribution is -0.385. The van der Waals surface area contributed by atoms with Crippen LogP contribution in [0.4, 0.5) is 5.69 Å². The second-order valence-corrected chi connectivity index (χ2v) is 4.06. The molecule has 0 heterocycles. The standard InChI is InChI=1S/C11H14N2O4/c1-7(2)6-12-11(15)9-5-8(14)3-4-10(9)13(16)17/h3-5,7,14H,6H2,1-2H3,(H,12,15). The summed E-state index contributed by atoms with van der Waals surface area (Å²) < 4.78 is 0. The van der Waals surface area contributed by atoms with E-state index in [1.807, 2.05) is 13.8 Å². The monoisotopic (exact) mass is 238 g/mol. The highest BCUT2D eigenvalue weighted by Gasteiger charge is 2.20. The molecule has 1 aromatic carbocycles. The first-order chi connectivity index (χ1) is 7.91. The third-order valence-corrected chi connectivity index (χ3v) is 2.09. The molecule has 17 heavy (non-hydrogen) atoms. The van der Waals surface area contributed by atoms with E-state index in [0.717, 1.165) is 12.1 Å². The number of carbonyl (C=O) groups is 1. The molecule has 0 bridgehead atoms. The Bertz CT molecular complexity index is 443. The summed E-state index contributed by atoms with van der Waals surface area (Å²) in [6.45, 7) is 4.25. The zero-order chi connectivity index (χ0) is 13.0. The van der Waals surface area contributed by atoms with E-state index in [4.69, 9.17) is 0 Å². The van der Waals surface area contributed by atoms with Crippen LogP contribution >= 0.6 is 0 Å². The maximum absolute atomic E-state index is 11.7. The fraction of sp³-hybridized carbons (Fsp3) is 0.364. The summed E-state index contributed by atoms with van der Waals surface area (Å²) in [5.41, 5.74) is -0.445. The van der Waals surface area contributed by atoms with Gasteiger partial charge < -0.3 is 10.4 Å². The maximum atomic E-state index is 11.7. The Morgan fingerprint density at radius 1 is 1.53 bits per heavy atom. The molecule has 0 aliphatic heterocycles. The average molecular weight is 238 g/mol. The number of phenols is 1. The highest BCUT2D eigenvalue weighted by molar-refractivity contribution is 5.98. The minimum atomic E-state index is -0.649. The van der Waals surface area contributed by atoms with Gasteiger partial charge in [0.25, 0.3) is 11.6 Å². The molecule has 0 aromatic heterocycles. The van der Waals surface area contributed by atoms with Gasteiger partial charge in [-0.25, -0.2) is 0 Å². The number of benzene rings is 1. The van der Waals surface area contributed by atoms with Crippen LogP contribution in [0.1, 0.15) is 24.2 Å². The van der Waals surface area contributed by atoms with Gasteiger partial charge in [0, 0.05) is 12.6 Å². The van der Waals surface area contributed by atoms with Gasteiger partial charge in [-0.2, -0.15) is 0 Å². The molecule has 0 radical (unpaired) electrons. The van der Waals surface area contributed by atoms with Crippen molar-refractivity contribution in [3.05, 3.63) is 33.9 Å². The number of nitrogens with zero attached hydrogens (tertiary/aromatic N) is 1. The lowest BCUT2D eigenvalue weighted by Gasteiger charge is -2.08. The van der Waals surface area contributed by atoms with Gasteiger partial charge in [0.15, 0.2) is 0 Å². The fourth-order valence-corrected chi connectivity index (χ4v) is 1.26. The molecule has 0 aliphatic carbocycles. The Morgan fingerprint density at radius 2 is 2.18 bits per heavy atom. The highest BCUT2D eigenvalue weighted by Crippen LogP contribution is 2.23. The molecule has 1 aromatic rings. The van der Waals surface area contributed by atoms with Crippen LogP contribution in [0.15, 0.2) is 18.2 Å². The number of nitro benzene ring substituents is 1. The van der Waals surface area contributed by atoms with Crippen LogP contribution in [-0.4, -0.2) is 22.5 Å². The van der Waals surface area contributed by atoms with Crippen LogP contribution in [0.25, 0.3) is 0 Å². The lowest BCUT2D eigenvalue weighted by atomic mass is 10.1. The third-order valence-electron chi connectivity index (χ3n) is 2.09. The molecule has 0 spiro atoms. The van der Waals surface area contributed by atoms with Gasteiger partial charge in [-0.1, -0.05) is 13.8 Å². The number of aromatic hydroxyl groups is 1. The predicted molar refractivity (Wildman–Crippen MR) is 61.9 cm³/mol. The maximum Gasteiger partial charge on any atom is 0.282 e. The third kappa shape index (κ3) is 3.44. The summed E-state index contributed by atoms with van der Waals surface area (Å²) in [6, 6.07) is 3.38. The van der Waals surface area contributed by atoms with Crippen molar-refractivity contribution in [3.8, 4) is 5.75 Å². The molecule has 92 valence electrons. The van der Waals surface area contributed by atoms with E-state index in [1.54, 1.807) is 0 Å². The molecular weight excluding hydrogens is 224 g/mol. The number of rotatable bonds is 4. The molecule has 1 rings (SSSR count). The smallest absolute Gasteiger partial charge is 0.282 e. The quantitative estimate of drug-likeness (QED) is 0.616. The van der Waals surface area contributed by atoms with Crippen molar-refractivity contribution in [2.45, 2.75) is 13.8 Å². The predicted octanol–water partition coefficient (Wildman–Crippen LogP) is 1.69. The van der Waals surface area contributed by atoms with Gasteiger partial charge in [0.2, 0.25) is 0 Å². The number of hydrogen-bond donors (Lipinski definition) is 2. The number of hydrogen-bond acceptors (Lipinski definition) is 4. The first-order valence-electron chi connectivity index (χ1n) is 5.17. The van der Waals surface area contributed by atoms with Crippen LogP contribution in [-0.2, 0) is 0 Å². The number of nitrogens with one attached hydrogen (secondary N) is 1. The summed E-state index contributed by atoms with van der Waals surface area (Å²) in [7, 11) is 0. The van der Waals surface area contributed by atoms with Gasteiger partial charge in [-0.15, -0.1) is 0 Å². The molecular formula is C11H14N2O4. The van der Waals surface area contributed by atoms with Crippen molar-refractivity contribution in [1.29, 1.82) is 0 Å². The Balaban J connectivity index is 2.98. The Kier molecular flexibility index (Phi) is 4.03. The first-order valence-corrected chi connectivity index (χ1v) is 5.17. The van der Waals surface area contributed by atoms with E-state index in [0.29, 0.717) is 6.54 Å². The van der Waals surface area contributed by atoms with Gasteiger partial charge in [-0.05, 0) is 18.1 Å². The van der Waals surface area contributed by atoms with Crippen molar-refractivity contribution in [3.63, 3.8) is 0 Å². The summed E-state index contributed by atoms with van der Waals surface area (Å²) in [5.74, 6) is -0.484. The van der Waals surface area contributed by atoms with E-state index >= 15 is 0 Å². The fourth-order valence-electron chi connectivity index (χ4n) is 1.26. The van der Waals surface area contributed by atoms with E-state index in [9.17, 15) is 20.0 Å². The number of carbonyl (C=O) groups excluding carboxylic acids is 1. The molecule has 0 unspecified atom stereocenters. The van der Waals surface area contributed by atoms with E-state index < -0.39 is 10.8 Å². The molecule has 1 amide bonds. The summed E-state index contributed by atoms with van der Waals surface area (Å²) in [4.78, 5) is 21.8. The zero-order valence-corrected chi connectivity index (χ0v) is 9.64. The van der Waals surface area contributed by atoms with Crippen LogP contribution in [0.2, 0.25) is 0 Å². The van der Waals surface area contributed by atoms with Gasteiger partial charge in [-0.3, -0.25) is 14.9 Å². The van der Waals surface area contributed by atoms with Crippen molar-refractivity contribution < 1.29 is 14.8 Å². The van der Waals surface area contributed by atoms with Gasteiger partial charge in [0.05, 0.1) is 4.92 Å². The molecule has 0 fully saturated rings. The van der Waals surface area contributed by atoms with Crippen LogP contribution in [0.5, 0.6) is 5.75 Å². The Hall–Kier alpha value is -2.11. The van der Waals surface area contributed by atoms with Crippen molar-refractivity contribution in [2.75, 3.05) is 6.54 Å². The molecule has 0 aliphatic rings. The van der Waals surface area contributed by atoms with Crippen LogP contribution in [0.3, 0.4) is 0 Å². The number of amides is 1. The van der Waals surface area contributed by atoms with Crippen LogP contribution in [0, 0.1) is 16.0 Å². The minimum Gasteiger partial charge on any atom is -0.508 e. The molecule has 0 saturated heterocycles. The van der Waals surface area contributed by atoms with E-state index in [1.165, 1.54) is 6.07 Å². The minimum absolute atomic E-state index is 0.129. The second-order valence-electron chi connectivity index (χ2n) is 4.06. The highest BCUT2D eigenvalue weighted by atomic mass is 16.6. The summed E-state index contributed by atoms with van der Waals surface area (Å²) >= 11 is 0. The second kappa shape index (κ2) is 5.29. The molecule has 6 heteroatoms. The first kappa shape index (κ1) is 13.0. The average Bonchev–Trinajstić information content (AvgIpc) is 2.25. The normalized spacial score (nSPS) is 10.3. The van der Waals surface area contributed by atoms with Crippen molar-refractivity contribution in [1.82, 2.24) is 5.32 Å². The van der Waals surface area contributed by atoms with Crippen molar-refractivity contribution in [2.24, 2.45) is 5.92 Å². The lowest BCUT2D eigenvalue weighted by Crippen LogP contribution is -2.27. The molecule has 0 saturated carbocycles. The molecule has 0 atom stereocenters. The van der Waals surface area contributed by atoms with Gasteiger partial charge >= 0.3 is 0 Å². The van der Waals surface area contributed by atoms with Crippen molar-refractivity contribution >= 4 is 11.6 Å². The van der Waals surface area contributed by atoms with E-state index in [2.05, 4.69) is 5.32 Å². The van der Waals surface area contributed by atoms with Crippen LogP contribution < -0.4 is 5.32 Å². The Morgan fingerprint density at radius 3 is 2.71 bits per heavy atom. The van der Waals surface area contributed by atoms with Gasteiger partial charge in [0.1, 0.15) is 11.3 Å². The SMILES string of the molecule is CC(C)CNC(=O)c1cc(O)ccc1[N+](=O)[O-]. The number of nitro groups is 1. The Labute approximate surface area is 98.4 Å².